The maximum absolute atomic E-state index is 12.4. The number of amides is 2. The number of ether oxygens (including phenoxy) is 4. The first kappa shape index (κ1) is 64.6. The zero-order valence-corrected chi connectivity index (χ0v) is 44.5. The highest BCUT2D eigenvalue weighted by Gasteiger charge is 2.24. The van der Waals surface area contributed by atoms with Gasteiger partial charge in [-0.25, -0.2) is 0 Å². The van der Waals surface area contributed by atoms with Gasteiger partial charge in [0.1, 0.15) is 29.7 Å². The number of hydrogen-bond donors (Lipinski definition) is 6. The Balaban J connectivity index is 1.92. The van der Waals surface area contributed by atoms with Gasteiger partial charge in [0, 0.05) is 51.8 Å². The quantitative estimate of drug-likeness (QED) is 0.0246. The molecule has 1 rings (SSSR count). The highest BCUT2D eigenvalue weighted by molar-refractivity contribution is 8.93. The van der Waals surface area contributed by atoms with Crippen LogP contribution in [0.2, 0.25) is 0 Å². The van der Waals surface area contributed by atoms with Gasteiger partial charge in [0.15, 0.2) is 5.78 Å². The van der Waals surface area contributed by atoms with Crippen molar-refractivity contribution >= 4 is 106 Å². The average Bonchev–Trinajstić information content (AvgIpc) is 3.44. The number of aliphatic carboxylic acids is 3. The van der Waals surface area contributed by atoms with E-state index in [0.29, 0.717) is 38.8 Å². The van der Waals surface area contributed by atoms with Gasteiger partial charge in [0.2, 0.25) is 11.8 Å². The smallest absolute Gasteiger partial charge is 0.320 e. The Morgan fingerprint density at radius 1 is 0.515 bits per heavy atom. The zero-order valence-electron chi connectivity index (χ0n) is 39.6. The summed E-state index contributed by atoms with van der Waals surface area (Å²) in [5.74, 6) is -4.25. The van der Waals surface area contributed by atoms with Crippen molar-refractivity contribution in [2.45, 2.75) is 158 Å². The predicted octanol–water partition coefficient (Wildman–Crippen LogP) is 8.74. The van der Waals surface area contributed by atoms with Crippen molar-refractivity contribution in [1.82, 2.24) is 16.0 Å². The lowest BCUT2D eigenvalue weighted by Gasteiger charge is -2.21. The van der Waals surface area contributed by atoms with Gasteiger partial charge in [-0.15, -0.1) is 0 Å². The topological polar surface area (TPSA) is 253 Å². The monoisotopic (exact) mass is 1080 g/mol. The molecule has 1 heterocycles. The average molecular weight is 1080 g/mol. The van der Waals surface area contributed by atoms with Crippen LogP contribution in [-0.2, 0) is 52.5 Å². The fraction of sp³-hybridized carbons (Fsp3) is 0.822. The molecule has 393 valence electrons. The molecule has 0 aromatic carbocycles. The Kier molecular flexibility index (Phi) is 44.3. The molecule has 2 amide bonds. The minimum absolute atomic E-state index is 0.00385. The molecular formula is C45H78N3O14S6. The van der Waals surface area contributed by atoms with E-state index >= 15 is 0 Å². The van der Waals surface area contributed by atoms with Crippen molar-refractivity contribution in [3.05, 3.63) is 5.08 Å². The van der Waals surface area contributed by atoms with Gasteiger partial charge in [-0.05, 0) is 38.5 Å². The van der Waals surface area contributed by atoms with E-state index in [4.69, 9.17) is 24.1 Å². The predicted molar refractivity (Wildman–Crippen MR) is 277 cm³/mol. The summed E-state index contributed by atoms with van der Waals surface area (Å²) in [5, 5.41) is 39.6. The maximum atomic E-state index is 12.4. The number of carboxylic acids is 3. The third-order valence-corrected chi connectivity index (χ3v) is 19.5. The number of hydrogen-bond acceptors (Lipinski definition) is 18. The van der Waals surface area contributed by atoms with Crippen molar-refractivity contribution in [2.75, 3.05) is 71.0 Å². The van der Waals surface area contributed by atoms with Gasteiger partial charge in [0.05, 0.1) is 49.1 Å². The molecule has 17 nitrogen and oxygen atoms in total. The van der Waals surface area contributed by atoms with Crippen LogP contribution in [0.1, 0.15) is 148 Å². The molecule has 1 unspecified atom stereocenters. The Bertz CT molecular complexity index is 1370. The number of nitrogens with one attached hydrogen (secondary N) is 3. The third kappa shape index (κ3) is 42.3. The van der Waals surface area contributed by atoms with Crippen LogP contribution in [0.5, 0.6) is 0 Å². The highest BCUT2D eigenvalue weighted by atomic mass is 33.2. The van der Waals surface area contributed by atoms with Gasteiger partial charge >= 0.3 is 17.9 Å². The summed E-state index contributed by atoms with van der Waals surface area (Å²) < 4.78 is 21.6. The van der Waals surface area contributed by atoms with Crippen LogP contribution in [0.15, 0.2) is 0 Å². The first-order valence-electron chi connectivity index (χ1n) is 24.0. The van der Waals surface area contributed by atoms with Crippen molar-refractivity contribution in [1.29, 1.82) is 0 Å². The van der Waals surface area contributed by atoms with E-state index in [1.165, 1.54) is 19.3 Å². The molecule has 0 spiro atoms. The summed E-state index contributed by atoms with van der Waals surface area (Å²) in [5.41, 5.74) is 0. The summed E-state index contributed by atoms with van der Waals surface area (Å²) >= 11 is 0. The Morgan fingerprint density at radius 3 is 1.76 bits per heavy atom. The number of rotatable bonds is 47. The second kappa shape index (κ2) is 46.6. The largest absolute Gasteiger partial charge is 0.481 e. The Morgan fingerprint density at radius 2 is 1.10 bits per heavy atom. The number of ketones is 2. The summed E-state index contributed by atoms with van der Waals surface area (Å²) in [6, 6.07) is -0.623. The minimum atomic E-state index is -1.08. The third-order valence-electron chi connectivity index (χ3n) is 10.4. The molecule has 0 saturated carbocycles. The standard InChI is InChI=1S/C45H78N3O14S6/c49-37(17-12-9-7-5-3-1-2-4-6-8-10-14-20-42(53)54)31-36(43(55)56)21-22-40(51)47-24-26-60-28-29-61-32-38(50)18-16-25-59-27-30-62-33-41(52)46-23-15-11-13-19-39(44(57)58)48-45-67-65-34-63-64-35-66-68-45/h34,36,39,45,48H,1-33,35H2,(H,46,52)(H,47,51)(H,53,54)(H,55,56)(H,57,58)/t36-,39+,45?/m1/s1. The molecule has 3 atom stereocenters. The first-order valence-corrected chi connectivity index (χ1v) is 31.0. The number of carboxylic acid groups (broad SMARTS) is 3. The molecule has 68 heavy (non-hydrogen) atoms. The molecular weight excluding hydrogens is 999 g/mol. The van der Waals surface area contributed by atoms with Gasteiger partial charge in [-0.3, -0.25) is 38.9 Å². The molecule has 1 radical (unpaired) electrons. The second-order valence-corrected chi connectivity index (χ2v) is 24.1. The van der Waals surface area contributed by atoms with Crippen LogP contribution >= 0.6 is 64.8 Å². The highest BCUT2D eigenvalue weighted by Crippen LogP contribution is 2.48. The fourth-order valence-corrected chi connectivity index (χ4v) is 16.1. The van der Waals surface area contributed by atoms with E-state index in [1.807, 2.05) is 0 Å². The molecule has 6 N–H and O–H groups in total. The number of carbonyl (C=O) groups is 7. The lowest BCUT2D eigenvalue weighted by molar-refractivity contribution is -0.144. The molecule has 1 saturated heterocycles. The number of carbonyl (C=O) groups excluding carboxylic acids is 4. The summed E-state index contributed by atoms with van der Waals surface area (Å²) in [7, 11) is 10.0. The van der Waals surface area contributed by atoms with Gasteiger partial charge in [-0.2, -0.15) is 0 Å². The SMILES string of the molecule is O=C(O)CCCCCCCCCCCCCCC(=O)C[C@@H](CCC(=O)NCCOCCOCC(=O)CCCOCCOCC(=O)NCCCCC[C@H](NC1SS[CH]SSCSS1)C(=O)O)C(=O)O. The summed E-state index contributed by atoms with van der Waals surface area (Å²) in [6.07, 6.45) is 16.7. The van der Waals surface area contributed by atoms with E-state index < -0.39 is 29.9 Å². The summed E-state index contributed by atoms with van der Waals surface area (Å²) in [4.78, 5) is 82.9. The maximum Gasteiger partial charge on any atom is 0.320 e. The first-order chi connectivity index (χ1) is 33.0. The number of Topliss-reactive ketones (excluding diaryl/α,β-unsaturated/α-hetero) is 2. The van der Waals surface area contributed by atoms with Crippen molar-refractivity contribution in [3.63, 3.8) is 0 Å². The van der Waals surface area contributed by atoms with Gasteiger partial charge < -0.3 is 44.9 Å². The van der Waals surface area contributed by atoms with E-state index in [0.717, 1.165) is 82.1 Å². The Hall–Kier alpha value is -1.41. The van der Waals surface area contributed by atoms with Crippen LogP contribution in [0.25, 0.3) is 0 Å². The van der Waals surface area contributed by atoms with Crippen molar-refractivity contribution < 1.29 is 67.8 Å². The van der Waals surface area contributed by atoms with Crippen molar-refractivity contribution in [3.8, 4) is 0 Å². The minimum Gasteiger partial charge on any atom is -0.481 e. The van der Waals surface area contributed by atoms with Crippen LogP contribution in [0.4, 0.5) is 0 Å². The van der Waals surface area contributed by atoms with Gasteiger partial charge in [0.25, 0.3) is 0 Å². The van der Waals surface area contributed by atoms with Gasteiger partial charge in [-0.1, -0.05) is 142 Å². The van der Waals surface area contributed by atoms with Crippen LogP contribution in [0, 0.1) is 11.0 Å². The molecule has 0 aromatic heterocycles. The van der Waals surface area contributed by atoms with E-state index in [1.54, 1.807) is 64.8 Å². The molecule has 1 aliphatic rings. The van der Waals surface area contributed by atoms with E-state index in [-0.39, 0.29) is 107 Å². The Labute approximate surface area is 427 Å². The molecule has 0 aliphatic carbocycles. The van der Waals surface area contributed by atoms with Crippen molar-refractivity contribution in [2.24, 2.45) is 5.92 Å². The van der Waals surface area contributed by atoms with Crippen LogP contribution in [0.3, 0.4) is 0 Å². The van der Waals surface area contributed by atoms with Crippen LogP contribution in [-0.4, -0.2) is 138 Å². The molecule has 1 fully saturated rings. The van der Waals surface area contributed by atoms with E-state index in [2.05, 4.69) is 21.0 Å². The molecule has 23 heteroatoms. The molecule has 0 bridgehead atoms. The normalized spacial score (nSPS) is 14.3. The summed E-state index contributed by atoms with van der Waals surface area (Å²) in [6.45, 7) is 2.13. The molecule has 0 aromatic rings. The van der Waals surface area contributed by atoms with Crippen LogP contribution < -0.4 is 16.0 Å². The second-order valence-electron chi connectivity index (χ2n) is 16.2. The fourth-order valence-electron chi connectivity index (χ4n) is 6.64. The lowest BCUT2D eigenvalue weighted by Crippen LogP contribution is -2.40. The molecule has 1 aliphatic heterocycles. The number of unbranched alkanes of at least 4 members (excludes halogenated alkanes) is 13. The van der Waals surface area contributed by atoms with E-state index in [9.17, 15) is 43.8 Å². The zero-order chi connectivity index (χ0) is 49.7. The lowest BCUT2D eigenvalue weighted by atomic mass is 9.94.